The first kappa shape index (κ1) is 8.76. The molecule has 0 N–H and O–H groups in total. The van der Waals surface area contributed by atoms with Crippen molar-refractivity contribution >= 4 is 29.4 Å². The molecule has 1 fully saturated rings. The highest BCUT2D eigenvalue weighted by Crippen LogP contribution is 2.30. The molecule has 0 spiro atoms. The summed E-state index contributed by atoms with van der Waals surface area (Å²) in [5.74, 6) is 0. The molecule has 1 rings (SSSR count). The number of hydrogen-bond donors (Lipinski definition) is 0. The van der Waals surface area contributed by atoms with Crippen LogP contribution < -0.4 is 0 Å². The van der Waals surface area contributed by atoms with Gasteiger partial charge in [0.1, 0.15) is 12.3 Å². The van der Waals surface area contributed by atoms with Crippen molar-refractivity contribution in [3.05, 3.63) is 0 Å². The maximum absolute atomic E-state index is 5.67. The van der Waals surface area contributed by atoms with Crippen molar-refractivity contribution in [3.8, 4) is 0 Å². The Morgan fingerprint density at radius 3 is 1.50 bits per heavy atom. The highest BCUT2D eigenvalue weighted by Gasteiger charge is 2.42. The molecule has 0 atom stereocenters. The van der Waals surface area contributed by atoms with Gasteiger partial charge in [0, 0.05) is 0 Å². The highest BCUT2D eigenvalue weighted by molar-refractivity contribution is 7.92. The van der Waals surface area contributed by atoms with E-state index in [4.69, 9.17) is 11.9 Å². The monoisotopic (exact) mass is 196 g/mol. The SMILES string of the molecule is C[Si]1(C)OSO[Si](C)(C)O1. The zero-order valence-electron chi connectivity index (χ0n) is 6.63. The second kappa shape index (κ2) is 2.61. The molecule has 3 nitrogen and oxygen atoms in total. The van der Waals surface area contributed by atoms with Crippen LogP contribution in [0, 0.1) is 0 Å². The molecular weight excluding hydrogens is 184 g/mol. The molecule has 1 aliphatic rings. The molecule has 0 aromatic rings. The molecule has 0 unspecified atom stereocenters. The summed E-state index contributed by atoms with van der Waals surface area (Å²) in [5, 5.41) is 0. The van der Waals surface area contributed by atoms with Crippen LogP contribution >= 0.6 is 12.3 Å². The Labute approximate surface area is 68.0 Å². The lowest BCUT2D eigenvalue weighted by Crippen LogP contribution is -2.50. The fourth-order valence-electron chi connectivity index (χ4n) is 0.807. The van der Waals surface area contributed by atoms with Crippen LogP contribution in [0.3, 0.4) is 0 Å². The van der Waals surface area contributed by atoms with Gasteiger partial charge < -0.3 is 11.9 Å². The summed E-state index contributed by atoms with van der Waals surface area (Å²) in [7, 11) is -3.65. The fraction of sp³-hybridized carbons (Fsp3) is 1.00. The van der Waals surface area contributed by atoms with Gasteiger partial charge in [-0.05, 0) is 26.2 Å². The third kappa shape index (κ3) is 2.37. The van der Waals surface area contributed by atoms with Crippen molar-refractivity contribution in [1.82, 2.24) is 0 Å². The van der Waals surface area contributed by atoms with Gasteiger partial charge in [0.15, 0.2) is 0 Å². The van der Waals surface area contributed by atoms with E-state index in [0.29, 0.717) is 0 Å². The molecule has 0 aromatic heterocycles. The van der Waals surface area contributed by atoms with Crippen molar-refractivity contribution in [2.75, 3.05) is 0 Å². The smallest absolute Gasteiger partial charge is 0.339 e. The van der Waals surface area contributed by atoms with Crippen LogP contribution in [0.15, 0.2) is 0 Å². The quantitative estimate of drug-likeness (QED) is 0.437. The van der Waals surface area contributed by atoms with Crippen LogP contribution in [-0.2, 0) is 11.9 Å². The van der Waals surface area contributed by atoms with Gasteiger partial charge in [0.05, 0.1) is 0 Å². The van der Waals surface area contributed by atoms with Crippen molar-refractivity contribution in [3.63, 3.8) is 0 Å². The van der Waals surface area contributed by atoms with E-state index in [1.807, 2.05) is 26.2 Å². The average molecular weight is 196 g/mol. The molecule has 0 amide bonds. The first-order valence-corrected chi connectivity index (χ1v) is 9.45. The summed E-state index contributed by atoms with van der Waals surface area (Å²) in [4.78, 5) is 0. The van der Waals surface area contributed by atoms with Crippen molar-refractivity contribution in [2.45, 2.75) is 26.2 Å². The third-order valence-electron chi connectivity index (χ3n) is 0.961. The lowest BCUT2D eigenvalue weighted by atomic mass is 11.9. The highest BCUT2D eigenvalue weighted by atomic mass is 32.2. The first-order chi connectivity index (χ1) is 4.41. The number of hydrogen-bond acceptors (Lipinski definition) is 4. The molecule has 6 heteroatoms. The Hall–Kier alpha value is 0.664. The molecule has 1 heterocycles. The molecular formula is C4H12O3SSi2. The number of rotatable bonds is 0. The summed E-state index contributed by atoms with van der Waals surface area (Å²) in [6, 6.07) is 0. The molecule has 60 valence electrons. The molecule has 0 bridgehead atoms. The Bertz CT molecular complexity index is 124. The van der Waals surface area contributed by atoms with E-state index >= 15 is 0 Å². The van der Waals surface area contributed by atoms with Gasteiger partial charge in [-0.15, -0.1) is 0 Å². The van der Waals surface area contributed by atoms with E-state index < -0.39 is 17.1 Å². The standard InChI is InChI=1S/C4H12O3SSi2/c1-9(2)5-8-6-10(3,4)7-9/h1-4H3. The van der Waals surface area contributed by atoms with Crippen molar-refractivity contribution in [1.29, 1.82) is 0 Å². The van der Waals surface area contributed by atoms with Crippen LogP contribution in [0.1, 0.15) is 0 Å². The normalized spacial score (nSPS) is 30.0. The Morgan fingerprint density at radius 2 is 1.30 bits per heavy atom. The molecule has 10 heavy (non-hydrogen) atoms. The molecule has 1 aliphatic heterocycles. The van der Waals surface area contributed by atoms with E-state index in [1.54, 1.807) is 0 Å². The topological polar surface area (TPSA) is 27.7 Å². The van der Waals surface area contributed by atoms with Gasteiger partial charge in [-0.3, -0.25) is 0 Å². The van der Waals surface area contributed by atoms with Crippen LogP contribution in [0.4, 0.5) is 0 Å². The van der Waals surface area contributed by atoms with Gasteiger partial charge in [-0.25, -0.2) is 0 Å². The van der Waals surface area contributed by atoms with E-state index in [9.17, 15) is 0 Å². The van der Waals surface area contributed by atoms with Gasteiger partial charge >= 0.3 is 17.1 Å². The summed E-state index contributed by atoms with van der Waals surface area (Å²) in [5.41, 5.74) is 0. The van der Waals surface area contributed by atoms with Crippen LogP contribution in [0.2, 0.25) is 26.2 Å². The second-order valence-corrected chi connectivity index (χ2v) is 11.0. The minimum atomic E-state index is -1.83. The fourth-order valence-corrected chi connectivity index (χ4v) is 8.18. The molecule has 0 radical (unpaired) electrons. The molecule has 0 saturated carbocycles. The third-order valence-corrected chi connectivity index (χ3v) is 8.65. The maximum atomic E-state index is 5.67. The van der Waals surface area contributed by atoms with Gasteiger partial charge in [-0.1, -0.05) is 0 Å². The Kier molecular flexibility index (Phi) is 2.29. The van der Waals surface area contributed by atoms with E-state index in [-0.39, 0.29) is 0 Å². The van der Waals surface area contributed by atoms with Crippen LogP contribution in [-0.4, -0.2) is 17.1 Å². The maximum Gasteiger partial charge on any atom is 0.339 e. The van der Waals surface area contributed by atoms with E-state index in [2.05, 4.69) is 0 Å². The van der Waals surface area contributed by atoms with Gasteiger partial charge in [-0.2, -0.15) is 0 Å². The first-order valence-electron chi connectivity index (χ1n) is 3.15. The largest absolute Gasteiger partial charge is 0.414 e. The molecule has 0 aromatic carbocycles. The van der Waals surface area contributed by atoms with Gasteiger partial charge in [0.25, 0.3) is 0 Å². The zero-order valence-corrected chi connectivity index (χ0v) is 9.45. The lowest BCUT2D eigenvalue weighted by Gasteiger charge is -2.35. The summed E-state index contributed by atoms with van der Waals surface area (Å²) in [6.07, 6.45) is 0. The summed E-state index contributed by atoms with van der Waals surface area (Å²) in [6.45, 7) is 8.10. The second-order valence-electron chi connectivity index (χ2n) is 3.14. The Balaban J connectivity index is 2.56. The van der Waals surface area contributed by atoms with E-state index in [0.717, 1.165) is 12.3 Å². The lowest BCUT2D eigenvalue weighted by molar-refractivity contribution is 0.315. The zero-order chi connectivity index (χ0) is 7.83. The minimum absolute atomic E-state index is 1.11. The van der Waals surface area contributed by atoms with Crippen LogP contribution in [0.5, 0.6) is 0 Å². The van der Waals surface area contributed by atoms with Crippen molar-refractivity contribution < 1.29 is 11.9 Å². The van der Waals surface area contributed by atoms with Crippen molar-refractivity contribution in [2.24, 2.45) is 0 Å². The molecule has 0 aliphatic carbocycles. The summed E-state index contributed by atoms with van der Waals surface area (Å²) < 4.78 is 16.2. The minimum Gasteiger partial charge on any atom is -0.414 e. The average Bonchev–Trinajstić information content (AvgIpc) is 1.56. The van der Waals surface area contributed by atoms with Crippen LogP contribution in [0.25, 0.3) is 0 Å². The predicted octanol–water partition coefficient (Wildman–Crippen LogP) is 2.02. The predicted molar refractivity (Wildman–Crippen MR) is 45.8 cm³/mol. The van der Waals surface area contributed by atoms with Gasteiger partial charge in [0.2, 0.25) is 0 Å². The van der Waals surface area contributed by atoms with E-state index in [1.165, 1.54) is 0 Å². The Morgan fingerprint density at radius 1 is 0.900 bits per heavy atom. The summed E-state index contributed by atoms with van der Waals surface area (Å²) >= 11 is 1.11. The molecule has 1 saturated heterocycles.